The molecule has 1 heterocycles. The van der Waals surface area contributed by atoms with Crippen LogP contribution >= 0.6 is 0 Å². The highest BCUT2D eigenvalue weighted by molar-refractivity contribution is 4.80. The lowest BCUT2D eigenvalue weighted by Gasteiger charge is -2.20. The molecule has 0 radical (unpaired) electrons. The van der Waals surface area contributed by atoms with Crippen molar-refractivity contribution >= 4 is 0 Å². The Morgan fingerprint density at radius 2 is 2.20 bits per heavy atom. The summed E-state index contributed by atoms with van der Waals surface area (Å²) in [5.74, 6) is 0. The highest BCUT2D eigenvalue weighted by Crippen LogP contribution is 2.11. The van der Waals surface area contributed by atoms with Crippen molar-refractivity contribution in [1.29, 1.82) is 0 Å². The molecule has 15 heavy (non-hydrogen) atoms. The molecular weight excluding hydrogens is 190 g/mol. The summed E-state index contributed by atoms with van der Waals surface area (Å²) >= 11 is 0. The van der Waals surface area contributed by atoms with Crippen molar-refractivity contribution in [2.75, 3.05) is 60.5 Å². The van der Waals surface area contributed by atoms with Gasteiger partial charge in [-0.1, -0.05) is 0 Å². The molecule has 4 heteroatoms. The third-order valence-corrected chi connectivity index (χ3v) is 3.07. The lowest BCUT2D eigenvalue weighted by molar-refractivity contribution is 0.197. The van der Waals surface area contributed by atoms with Crippen molar-refractivity contribution in [2.45, 2.75) is 12.5 Å². The van der Waals surface area contributed by atoms with Gasteiger partial charge in [-0.2, -0.15) is 0 Å². The number of hydrogen-bond donors (Lipinski definition) is 1. The molecule has 1 unspecified atom stereocenters. The van der Waals surface area contributed by atoms with Gasteiger partial charge < -0.3 is 19.9 Å². The molecule has 0 amide bonds. The van der Waals surface area contributed by atoms with Gasteiger partial charge in [0.1, 0.15) is 0 Å². The van der Waals surface area contributed by atoms with Crippen molar-refractivity contribution in [3.63, 3.8) is 0 Å². The smallest absolute Gasteiger partial charge is 0.0587 e. The molecule has 0 aromatic heterocycles. The second kappa shape index (κ2) is 7.17. The minimum Gasteiger partial charge on any atom is -0.383 e. The number of ether oxygens (including phenoxy) is 1. The van der Waals surface area contributed by atoms with Gasteiger partial charge in [-0.15, -0.1) is 0 Å². The highest BCUT2D eigenvalue weighted by Gasteiger charge is 2.22. The number of methoxy groups -OCH3 is 1. The Morgan fingerprint density at radius 1 is 1.40 bits per heavy atom. The fraction of sp³-hybridized carbons (Fsp3) is 1.00. The number of hydrogen-bond acceptors (Lipinski definition) is 4. The van der Waals surface area contributed by atoms with Crippen LogP contribution in [0.2, 0.25) is 0 Å². The van der Waals surface area contributed by atoms with Crippen LogP contribution in [0.4, 0.5) is 0 Å². The predicted molar refractivity (Wildman–Crippen MR) is 63.3 cm³/mol. The van der Waals surface area contributed by atoms with Gasteiger partial charge >= 0.3 is 0 Å². The maximum absolute atomic E-state index is 4.98. The molecule has 0 aromatic carbocycles. The van der Waals surface area contributed by atoms with E-state index in [1.54, 1.807) is 7.11 Å². The first kappa shape index (κ1) is 12.9. The Labute approximate surface area is 93.6 Å². The van der Waals surface area contributed by atoms with E-state index in [2.05, 4.69) is 29.2 Å². The van der Waals surface area contributed by atoms with E-state index in [4.69, 9.17) is 4.74 Å². The largest absolute Gasteiger partial charge is 0.383 e. The highest BCUT2D eigenvalue weighted by atomic mass is 16.5. The minimum atomic E-state index is 0.754. The predicted octanol–water partition coefficient (Wildman–Crippen LogP) is -0.142. The number of nitrogens with zero attached hydrogens (tertiary/aromatic N) is 2. The fourth-order valence-electron chi connectivity index (χ4n) is 1.97. The Kier molecular flexibility index (Phi) is 6.17. The molecule has 0 aliphatic carbocycles. The van der Waals surface area contributed by atoms with Gasteiger partial charge in [0.2, 0.25) is 0 Å². The van der Waals surface area contributed by atoms with Crippen molar-refractivity contribution in [3.05, 3.63) is 0 Å². The summed E-state index contributed by atoms with van der Waals surface area (Å²) in [4.78, 5) is 4.86. The topological polar surface area (TPSA) is 27.7 Å². The molecule has 0 aromatic rings. The molecule has 1 fully saturated rings. The Hall–Kier alpha value is -0.160. The van der Waals surface area contributed by atoms with E-state index in [0.29, 0.717) is 0 Å². The third-order valence-electron chi connectivity index (χ3n) is 3.07. The second-order valence-corrected chi connectivity index (χ2v) is 4.45. The van der Waals surface area contributed by atoms with Crippen molar-refractivity contribution < 1.29 is 4.74 Å². The molecule has 4 nitrogen and oxygen atoms in total. The normalized spacial score (nSPS) is 22.8. The van der Waals surface area contributed by atoms with Crippen LogP contribution in [0.3, 0.4) is 0 Å². The molecule has 0 saturated carbocycles. The van der Waals surface area contributed by atoms with Crippen LogP contribution in [0.1, 0.15) is 6.42 Å². The van der Waals surface area contributed by atoms with Crippen LogP contribution in [-0.2, 0) is 4.74 Å². The number of nitrogens with one attached hydrogen (secondary N) is 1. The summed E-state index contributed by atoms with van der Waals surface area (Å²) < 4.78 is 4.98. The van der Waals surface area contributed by atoms with Gasteiger partial charge in [0.05, 0.1) is 6.61 Å². The van der Waals surface area contributed by atoms with E-state index in [1.807, 2.05) is 0 Å². The quantitative estimate of drug-likeness (QED) is 0.598. The maximum Gasteiger partial charge on any atom is 0.0587 e. The summed E-state index contributed by atoms with van der Waals surface area (Å²) in [6.07, 6.45) is 1.31. The average Bonchev–Trinajstić information content (AvgIpc) is 2.66. The third kappa shape index (κ3) is 4.93. The number of likely N-dealkylation sites (N-methyl/N-ethyl adjacent to an activating group) is 1. The average molecular weight is 215 g/mol. The number of likely N-dealkylation sites (tertiary alicyclic amines) is 1. The van der Waals surface area contributed by atoms with Crippen molar-refractivity contribution in [3.8, 4) is 0 Å². The van der Waals surface area contributed by atoms with E-state index in [-0.39, 0.29) is 0 Å². The van der Waals surface area contributed by atoms with Crippen molar-refractivity contribution in [1.82, 2.24) is 15.1 Å². The molecule has 90 valence electrons. The van der Waals surface area contributed by atoms with E-state index in [1.165, 1.54) is 19.5 Å². The summed E-state index contributed by atoms with van der Waals surface area (Å²) in [7, 11) is 6.08. The molecule has 1 aliphatic heterocycles. The molecule has 1 atom stereocenters. The molecular formula is C11H25N3O. The van der Waals surface area contributed by atoms with Crippen LogP contribution in [0, 0.1) is 0 Å². The second-order valence-electron chi connectivity index (χ2n) is 4.45. The van der Waals surface area contributed by atoms with Crippen LogP contribution in [0.15, 0.2) is 0 Å². The first-order chi connectivity index (χ1) is 7.24. The van der Waals surface area contributed by atoms with Gasteiger partial charge in [0.15, 0.2) is 0 Å². The zero-order chi connectivity index (χ0) is 11.1. The number of rotatable bonds is 7. The first-order valence-corrected chi connectivity index (χ1v) is 5.82. The Morgan fingerprint density at radius 3 is 2.80 bits per heavy atom. The van der Waals surface area contributed by atoms with Crippen LogP contribution in [0.5, 0.6) is 0 Å². The molecule has 1 N–H and O–H groups in total. The minimum absolute atomic E-state index is 0.754. The Bertz CT molecular complexity index is 164. The van der Waals surface area contributed by atoms with Gasteiger partial charge in [-0.25, -0.2) is 0 Å². The molecule has 1 aliphatic rings. The van der Waals surface area contributed by atoms with Gasteiger partial charge in [0.25, 0.3) is 0 Å². The standard InChI is InChI=1S/C11H25N3O/c1-13(2)11-4-7-14(10-11)8-5-12-6-9-15-3/h11-12H,4-10H2,1-3H3. The molecule has 0 bridgehead atoms. The fourth-order valence-corrected chi connectivity index (χ4v) is 1.97. The first-order valence-electron chi connectivity index (χ1n) is 5.82. The lowest BCUT2D eigenvalue weighted by Crippen LogP contribution is -2.35. The van der Waals surface area contributed by atoms with E-state index in [0.717, 1.165) is 32.3 Å². The van der Waals surface area contributed by atoms with Crippen LogP contribution in [0.25, 0.3) is 0 Å². The van der Waals surface area contributed by atoms with Crippen LogP contribution < -0.4 is 5.32 Å². The van der Waals surface area contributed by atoms with Gasteiger partial charge in [-0.3, -0.25) is 0 Å². The van der Waals surface area contributed by atoms with Gasteiger partial charge in [-0.05, 0) is 27.1 Å². The van der Waals surface area contributed by atoms with Gasteiger partial charge in [0, 0.05) is 39.3 Å². The maximum atomic E-state index is 4.98. The SMILES string of the molecule is COCCNCCN1CCC(N(C)C)C1. The lowest BCUT2D eigenvalue weighted by atomic mass is 10.2. The van der Waals surface area contributed by atoms with E-state index >= 15 is 0 Å². The van der Waals surface area contributed by atoms with Crippen LogP contribution in [-0.4, -0.2) is 76.4 Å². The molecule has 0 spiro atoms. The Balaban J connectivity index is 1.99. The van der Waals surface area contributed by atoms with E-state index < -0.39 is 0 Å². The monoisotopic (exact) mass is 215 g/mol. The molecule has 1 rings (SSSR count). The molecule has 1 saturated heterocycles. The van der Waals surface area contributed by atoms with E-state index in [9.17, 15) is 0 Å². The summed E-state index contributed by atoms with van der Waals surface area (Å²) in [5.41, 5.74) is 0. The summed E-state index contributed by atoms with van der Waals surface area (Å²) in [5, 5.41) is 3.38. The summed E-state index contributed by atoms with van der Waals surface area (Å²) in [6, 6.07) is 0.754. The zero-order valence-electron chi connectivity index (χ0n) is 10.3. The summed E-state index contributed by atoms with van der Waals surface area (Å²) in [6.45, 7) is 6.47. The zero-order valence-corrected chi connectivity index (χ0v) is 10.3. The van der Waals surface area contributed by atoms with Crippen molar-refractivity contribution in [2.24, 2.45) is 0 Å².